The average molecular weight is 476 g/mol. The Bertz CT molecular complexity index is 1140. The van der Waals surface area contributed by atoms with E-state index in [1.165, 1.54) is 11.1 Å². The van der Waals surface area contributed by atoms with Gasteiger partial charge in [-0.25, -0.2) is 4.79 Å². The summed E-state index contributed by atoms with van der Waals surface area (Å²) in [6.45, 7) is 3.07. The average Bonchev–Trinajstić information content (AvgIpc) is 2.96. The van der Waals surface area contributed by atoms with E-state index in [4.69, 9.17) is 0 Å². The Morgan fingerprint density at radius 1 is 0.583 bits per heavy atom. The first kappa shape index (κ1) is 23.8. The molecule has 4 heteroatoms. The van der Waals surface area contributed by atoms with Crippen LogP contribution in [0.2, 0.25) is 0 Å². The molecule has 4 aromatic carbocycles. The van der Waals surface area contributed by atoms with Crippen LogP contribution in [0.25, 0.3) is 0 Å². The summed E-state index contributed by atoms with van der Waals surface area (Å²) >= 11 is 0. The Hall–Kier alpha value is -3.89. The molecule has 0 N–H and O–H groups in total. The highest BCUT2D eigenvalue weighted by Gasteiger charge is 2.32. The lowest BCUT2D eigenvalue weighted by atomic mass is 9.96. The van der Waals surface area contributed by atoms with E-state index in [-0.39, 0.29) is 18.1 Å². The number of piperazine rings is 1. The van der Waals surface area contributed by atoms with Crippen LogP contribution in [-0.2, 0) is 0 Å². The lowest BCUT2D eigenvalue weighted by Gasteiger charge is -2.42. The summed E-state index contributed by atoms with van der Waals surface area (Å²) in [6.07, 6.45) is 0. The third-order valence-electron chi connectivity index (χ3n) is 7.10. The molecule has 4 aromatic rings. The summed E-state index contributed by atoms with van der Waals surface area (Å²) in [6, 6.07) is 42.1. The molecule has 0 spiro atoms. The zero-order valence-corrected chi connectivity index (χ0v) is 20.8. The van der Waals surface area contributed by atoms with Crippen molar-refractivity contribution in [2.24, 2.45) is 0 Å². The number of nitrogens with zero attached hydrogens (tertiary/aromatic N) is 3. The van der Waals surface area contributed by atoms with Gasteiger partial charge in [0.2, 0.25) is 0 Å². The molecule has 36 heavy (non-hydrogen) atoms. The molecule has 1 aliphatic heterocycles. The van der Waals surface area contributed by atoms with Crippen LogP contribution >= 0.6 is 0 Å². The van der Waals surface area contributed by atoms with Crippen LogP contribution in [0.4, 0.5) is 4.79 Å². The molecule has 1 aliphatic rings. The van der Waals surface area contributed by atoms with Crippen LogP contribution in [0.3, 0.4) is 0 Å². The molecule has 0 saturated carbocycles. The molecular weight excluding hydrogens is 442 g/mol. The second-order valence-electron chi connectivity index (χ2n) is 9.36. The summed E-state index contributed by atoms with van der Waals surface area (Å²) in [4.78, 5) is 20.1. The van der Waals surface area contributed by atoms with Gasteiger partial charge in [0.25, 0.3) is 0 Å². The summed E-state index contributed by atoms with van der Waals surface area (Å²) in [5.74, 6) is 0. The minimum absolute atomic E-state index is 0.0725. The Morgan fingerprint density at radius 2 is 0.944 bits per heavy atom. The molecule has 1 heterocycles. The molecule has 182 valence electrons. The van der Waals surface area contributed by atoms with E-state index >= 15 is 0 Å². The lowest BCUT2D eigenvalue weighted by molar-refractivity contribution is 0.0993. The van der Waals surface area contributed by atoms with Crippen LogP contribution in [0.15, 0.2) is 121 Å². The van der Waals surface area contributed by atoms with Crippen molar-refractivity contribution < 1.29 is 4.79 Å². The number of hydrogen-bond acceptors (Lipinski definition) is 2. The lowest BCUT2D eigenvalue weighted by Crippen LogP contribution is -2.53. The molecule has 1 fully saturated rings. The van der Waals surface area contributed by atoms with Gasteiger partial charge in [0.15, 0.2) is 0 Å². The van der Waals surface area contributed by atoms with Gasteiger partial charge in [-0.1, -0.05) is 121 Å². The fraction of sp³-hybridized carbons (Fsp3) is 0.219. The first-order valence-corrected chi connectivity index (χ1v) is 12.7. The molecule has 0 radical (unpaired) electrons. The van der Waals surface area contributed by atoms with Crippen molar-refractivity contribution in [1.29, 1.82) is 0 Å². The molecule has 0 unspecified atom stereocenters. The van der Waals surface area contributed by atoms with Crippen LogP contribution in [-0.4, -0.2) is 54.0 Å². The quantitative estimate of drug-likeness (QED) is 0.330. The summed E-state index contributed by atoms with van der Waals surface area (Å²) < 4.78 is 0. The molecule has 0 atom stereocenters. The highest BCUT2D eigenvalue weighted by atomic mass is 16.2. The van der Waals surface area contributed by atoms with E-state index in [1.807, 2.05) is 53.2 Å². The van der Waals surface area contributed by atoms with Crippen molar-refractivity contribution in [2.75, 3.05) is 33.2 Å². The monoisotopic (exact) mass is 475 g/mol. The minimum atomic E-state index is -0.126. The minimum Gasteiger partial charge on any atom is -0.322 e. The van der Waals surface area contributed by atoms with Crippen molar-refractivity contribution in [3.8, 4) is 0 Å². The zero-order valence-electron chi connectivity index (χ0n) is 20.8. The third-order valence-corrected chi connectivity index (χ3v) is 7.10. The van der Waals surface area contributed by atoms with E-state index in [9.17, 15) is 4.79 Å². The number of urea groups is 1. The first-order chi connectivity index (χ1) is 17.7. The maximum atomic E-state index is 13.7. The second-order valence-corrected chi connectivity index (χ2v) is 9.36. The van der Waals surface area contributed by atoms with Crippen molar-refractivity contribution in [3.05, 3.63) is 144 Å². The smallest absolute Gasteiger partial charge is 0.320 e. The van der Waals surface area contributed by atoms with E-state index in [0.29, 0.717) is 13.1 Å². The number of carbonyl (C=O) groups is 1. The maximum Gasteiger partial charge on any atom is 0.320 e. The summed E-state index contributed by atoms with van der Waals surface area (Å²) in [5.41, 5.74) is 4.81. The van der Waals surface area contributed by atoms with Gasteiger partial charge >= 0.3 is 6.03 Å². The normalized spacial score (nSPS) is 14.2. The van der Waals surface area contributed by atoms with Gasteiger partial charge in [-0.15, -0.1) is 0 Å². The van der Waals surface area contributed by atoms with Gasteiger partial charge in [-0.05, 0) is 22.3 Å². The molecule has 2 amide bonds. The van der Waals surface area contributed by atoms with Crippen LogP contribution in [0.5, 0.6) is 0 Å². The summed E-state index contributed by atoms with van der Waals surface area (Å²) in [7, 11) is 1.93. The fourth-order valence-electron chi connectivity index (χ4n) is 5.30. The van der Waals surface area contributed by atoms with Gasteiger partial charge in [0.1, 0.15) is 0 Å². The standard InChI is InChI=1S/C32H33N3O/c1-33(30(26-14-6-2-7-15-26)27-16-8-3-9-17-27)32(36)35-24-22-34(23-25-35)31(28-18-10-4-11-19-28)29-20-12-5-13-21-29/h2-21,30-31H,22-25H2,1H3. The van der Waals surface area contributed by atoms with Crippen molar-refractivity contribution in [3.63, 3.8) is 0 Å². The van der Waals surface area contributed by atoms with Gasteiger partial charge in [0, 0.05) is 33.2 Å². The molecule has 0 aromatic heterocycles. The summed E-state index contributed by atoms with van der Waals surface area (Å²) in [5, 5.41) is 0. The van der Waals surface area contributed by atoms with Crippen molar-refractivity contribution >= 4 is 6.03 Å². The molecule has 5 rings (SSSR count). The van der Waals surface area contributed by atoms with Gasteiger partial charge in [0.05, 0.1) is 12.1 Å². The zero-order chi connectivity index (χ0) is 24.7. The SMILES string of the molecule is CN(C(=O)N1CCN(C(c2ccccc2)c2ccccc2)CC1)C(c1ccccc1)c1ccccc1. The highest BCUT2D eigenvalue weighted by molar-refractivity contribution is 5.75. The topological polar surface area (TPSA) is 26.8 Å². The van der Waals surface area contributed by atoms with E-state index in [2.05, 4.69) is 89.8 Å². The van der Waals surface area contributed by atoms with Gasteiger partial charge in [-0.2, -0.15) is 0 Å². The maximum absolute atomic E-state index is 13.7. The fourth-order valence-corrected chi connectivity index (χ4v) is 5.30. The predicted octanol–water partition coefficient (Wildman–Crippen LogP) is 6.24. The Morgan fingerprint density at radius 3 is 1.33 bits per heavy atom. The number of carbonyl (C=O) groups excluding carboxylic acids is 1. The predicted molar refractivity (Wildman–Crippen MR) is 146 cm³/mol. The Balaban J connectivity index is 1.33. The van der Waals surface area contributed by atoms with Gasteiger partial charge < -0.3 is 9.80 Å². The molecule has 1 saturated heterocycles. The van der Waals surface area contributed by atoms with E-state index in [1.54, 1.807) is 0 Å². The van der Waals surface area contributed by atoms with Crippen LogP contribution < -0.4 is 0 Å². The molecule has 4 nitrogen and oxygen atoms in total. The van der Waals surface area contributed by atoms with Gasteiger partial charge in [-0.3, -0.25) is 4.90 Å². The largest absolute Gasteiger partial charge is 0.322 e. The molecule has 0 bridgehead atoms. The highest BCUT2D eigenvalue weighted by Crippen LogP contribution is 2.31. The first-order valence-electron chi connectivity index (χ1n) is 12.7. The van der Waals surface area contributed by atoms with E-state index in [0.717, 1.165) is 24.2 Å². The number of rotatable bonds is 6. The number of amides is 2. The number of hydrogen-bond donors (Lipinski definition) is 0. The van der Waals surface area contributed by atoms with E-state index < -0.39 is 0 Å². The Kier molecular flexibility index (Phi) is 7.44. The molecular formula is C32H33N3O. The second kappa shape index (κ2) is 11.2. The van der Waals surface area contributed by atoms with Crippen molar-refractivity contribution in [1.82, 2.24) is 14.7 Å². The Labute approximate surface area is 214 Å². The van der Waals surface area contributed by atoms with Crippen molar-refractivity contribution in [2.45, 2.75) is 12.1 Å². The molecule has 0 aliphatic carbocycles. The van der Waals surface area contributed by atoms with Crippen LogP contribution in [0.1, 0.15) is 34.3 Å². The van der Waals surface area contributed by atoms with Crippen LogP contribution in [0, 0.1) is 0 Å². The third kappa shape index (κ3) is 5.19. The number of benzene rings is 4.